The van der Waals surface area contributed by atoms with Crippen LogP contribution >= 0.6 is 0 Å². The van der Waals surface area contributed by atoms with E-state index in [0.29, 0.717) is 12.0 Å². The zero-order valence-corrected chi connectivity index (χ0v) is 13.5. The van der Waals surface area contributed by atoms with Crippen LogP contribution in [-0.2, 0) is 6.18 Å². The molecule has 0 saturated carbocycles. The minimum Gasteiger partial charge on any atom is -0.494 e. The van der Waals surface area contributed by atoms with Crippen molar-refractivity contribution in [3.8, 4) is 5.75 Å². The van der Waals surface area contributed by atoms with Gasteiger partial charge in [0.25, 0.3) is 0 Å². The Morgan fingerprint density at radius 3 is 2.17 bits per heavy atom. The van der Waals surface area contributed by atoms with Crippen LogP contribution in [0.3, 0.4) is 0 Å². The van der Waals surface area contributed by atoms with Gasteiger partial charge in [-0.1, -0.05) is 44.0 Å². The van der Waals surface area contributed by atoms with Gasteiger partial charge in [-0.2, -0.15) is 13.2 Å². The molecule has 0 aliphatic rings. The number of benzene rings is 3. The van der Waals surface area contributed by atoms with Crippen molar-refractivity contribution < 1.29 is 17.9 Å². The molecule has 0 fully saturated rings. The van der Waals surface area contributed by atoms with E-state index in [-0.39, 0.29) is 0 Å². The van der Waals surface area contributed by atoms with Crippen LogP contribution in [0.15, 0.2) is 48.5 Å². The highest BCUT2D eigenvalue weighted by atomic mass is 19.4. The second kappa shape index (κ2) is 6.71. The lowest BCUT2D eigenvalue weighted by Crippen LogP contribution is -2.04. The molecule has 3 rings (SSSR count). The molecule has 1 nitrogen and oxygen atoms in total. The van der Waals surface area contributed by atoms with Crippen molar-refractivity contribution in [2.75, 3.05) is 6.61 Å². The maximum absolute atomic E-state index is 12.8. The number of hydrogen-bond donors (Lipinski definition) is 0. The average molecular weight is 332 g/mol. The smallest absolute Gasteiger partial charge is 0.416 e. The highest BCUT2D eigenvalue weighted by molar-refractivity contribution is 6.07. The molecule has 0 spiro atoms. The van der Waals surface area contributed by atoms with Crippen molar-refractivity contribution in [3.63, 3.8) is 0 Å². The van der Waals surface area contributed by atoms with Crippen molar-refractivity contribution in [2.24, 2.45) is 0 Å². The third kappa shape index (κ3) is 3.48. The molecule has 0 amide bonds. The Labute approximate surface area is 139 Å². The lowest BCUT2D eigenvalue weighted by atomic mass is 10.00. The zero-order chi connectivity index (χ0) is 17.2. The van der Waals surface area contributed by atoms with Gasteiger partial charge >= 0.3 is 6.18 Å². The molecule has 0 atom stereocenters. The molecule has 0 aliphatic heterocycles. The van der Waals surface area contributed by atoms with E-state index in [1.807, 2.05) is 24.3 Å². The van der Waals surface area contributed by atoms with Gasteiger partial charge in [0.05, 0.1) is 12.2 Å². The highest BCUT2D eigenvalue weighted by Gasteiger charge is 2.30. The summed E-state index contributed by atoms with van der Waals surface area (Å²) >= 11 is 0. The number of halogens is 3. The first-order chi connectivity index (χ1) is 11.5. The Balaban J connectivity index is 1.93. The summed E-state index contributed by atoms with van der Waals surface area (Å²) in [6.45, 7) is 2.83. The number of unbranched alkanes of at least 4 members (excludes halogenated alkanes) is 2. The fourth-order valence-corrected chi connectivity index (χ4v) is 2.86. The Morgan fingerprint density at radius 2 is 1.50 bits per heavy atom. The zero-order valence-electron chi connectivity index (χ0n) is 13.5. The van der Waals surface area contributed by atoms with Gasteiger partial charge in [-0.25, -0.2) is 0 Å². The number of rotatable bonds is 5. The second-order valence-electron chi connectivity index (χ2n) is 5.94. The molecular weight excluding hydrogens is 313 g/mol. The summed E-state index contributed by atoms with van der Waals surface area (Å²) < 4.78 is 44.3. The maximum Gasteiger partial charge on any atom is 0.416 e. The number of fused-ring (bicyclic) bond motifs is 3. The van der Waals surface area contributed by atoms with Crippen LogP contribution in [0, 0.1) is 0 Å². The first-order valence-electron chi connectivity index (χ1n) is 8.15. The largest absolute Gasteiger partial charge is 0.494 e. The summed E-state index contributed by atoms with van der Waals surface area (Å²) in [7, 11) is 0. The SMILES string of the molecule is CCCCCOc1ccc2c(ccc3cc(C(F)(F)F)ccc32)c1. The van der Waals surface area contributed by atoms with Crippen molar-refractivity contribution in [3.05, 3.63) is 54.1 Å². The summed E-state index contributed by atoms with van der Waals surface area (Å²) in [6.07, 6.45) is -1.02. The quantitative estimate of drug-likeness (QED) is 0.379. The van der Waals surface area contributed by atoms with Crippen molar-refractivity contribution in [2.45, 2.75) is 32.4 Å². The third-order valence-electron chi connectivity index (χ3n) is 4.15. The Morgan fingerprint density at radius 1 is 0.833 bits per heavy atom. The van der Waals surface area contributed by atoms with Crippen molar-refractivity contribution in [1.82, 2.24) is 0 Å². The van der Waals surface area contributed by atoms with E-state index in [4.69, 9.17) is 4.74 Å². The van der Waals surface area contributed by atoms with E-state index in [0.717, 1.165) is 47.2 Å². The van der Waals surface area contributed by atoms with Gasteiger partial charge in [0.15, 0.2) is 0 Å². The predicted molar refractivity (Wildman–Crippen MR) is 91.5 cm³/mol. The minimum atomic E-state index is -4.32. The van der Waals surface area contributed by atoms with Gasteiger partial charge in [0.2, 0.25) is 0 Å². The second-order valence-corrected chi connectivity index (χ2v) is 5.94. The average Bonchev–Trinajstić information content (AvgIpc) is 2.57. The summed E-state index contributed by atoms with van der Waals surface area (Å²) in [5.41, 5.74) is -0.620. The van der Waals surface area contributed by atoms with Gasteiger partial charge in [-0.15, -0.1) is 0 Å². The maximum atomic E-state index is 12.8. The first kappa shape index (κ1) is 16.6. The van der Waals surface area contributed by atoms with Crippen LogP contribution < -0.4 is 4.74 Å². The highest BCUT2D eigenvalue weighted by Crippen LogP contribution is 2.34. The van der Waals surface area contributed by atoms with Gasteiger partial charge < -0.3 is 4.74 Å². The molecule has 126 valence electrons. The molecule has 3 aromatic carbocycles. The molecule has 0 radical (unpaired) electrons. The summed E-state index contributed by atoms with van der Waals surface area (Å²) in [4.78, 5) is 0. The lowest BCUT2D eigenvalue weighted by molar-refractivity contribution is -0.137. The molecular formula is C20H19F3O. The Bertz CT molecular complexity index is 852. The molecule has 0 bridgehead atoms. The van der Waals surface area contributed by atoms with Crippen LogP contribution in [0.2, 0.25) is 0 Å². The van der Waals surface area contributed by atoms with E-state index >= 15 is 0 Å². The summed E-state index contributed by atoms with van der Waals surface area (Å²) in [5.74, 6) is 0.796. The van der Waals surface area contributed by atoms with Crippen LogP contribution in [0.1, 0.15) is 31.7 Å². The van der Waals surface area contributed by atoms with Crippen LogP contribution in [-0.4, -0.2) is 6.61 Å². The summed E-state index contributed by atoms with van der Waals surface area (Å²) in [6, 6.07) is 13.2. The van der Waals surface area contributed by atoms with Gasteiger partial charge in [0.1, 0.15) is 5.75 Å². The molecule has 4 heteroatoms. The van der Waals surface area contributed by atoms with Gasteiger partial charge in [-0.05, 0) is 52.2 Å². The van der Waals surface area contributed by atoms with E-state index in [9.17, 15) is 13.2 Å². The van der Waals surface area contributed by atoms with Crippen molar-refractivity contribution >= 4 is 21.5 Å². The topological polar surface area (TPSA) is 9.23 Å². The number of alkyl halides is 3. The first-order valence-corrected chi connectivity index (χ1v) is 8.15. The number of hydrogen-bond acceptors (Lipinski definition) is 1. The van der Waals surface area contributed by atoms with E-state index in [2.05, 4.69) is 6.92 Å². The van der Waals surface area contributed by atoms with E-state index < -0.39 is 11.7 Å². The van der Waals surface area contributed by atoms with E-state index in [1.54, 1.807) is 12.1 Å². The molecule has 0 N–H and O–H groups in total. The molecule has 0 saturated heterocycles. The molecule has 0 heterocycles. The lowest BCUT2D eigenvalue weighted by Gasteiger charge is -2.11. The van der Waals surface area contributed by atoms with Crippen molar-refractivity contribution in [1.29, 1.82) is 0 Å². The monoisotopic (exact) mass is 332 g/mol. The molecule has 0 unspecified atom stereocenters. The normalized spacial score (nSPS) is 12.0. The van der Waals surface area contributed by atoms with Crippen LogP contribution in [0.5, 0.6) is 5.75 Å². The van der Waals surface area contributed by atoms with Gasteiger partial charge in [-0.3, -0.25) is 0 Å². The predicted octanol–water partition coefficient (Wildman–Crippen LogP) is 6.58. The molecule has 0 aromatic heterocycles. The third-order valence-corrected chi connectivity index (χ3v) is 4.15. The molecule has 0 aliphatic carbocycles. The summed E-state index contributed by atoms with van der Waals surface area (Å²) in [5, 5.41) is 3.31. The number of ether oxygens (including phenoxy) is 1. The Kier molecular flexibility index (Phi) is 4.65. The molecule has 3 aromatic rings. The Hall–Kier alpha value is -2.23. The standard InChI is InChI=1S/C20H19F3O/c1-2-3-4-11-24-17-8-10-19-15(13-17)6-5-14-12-16(20(21,22)23)7-9-18(14)19/h5-10,12-13H,2-4,11H2,1H3. The van der Waals surface area contributed by atoms with Crippen LogP contribution in [0.4, 0.5) is 13.2 Å². The van der Waals surface area contributed by atoms with Gasteiger partial charge in [0, 0.05) is 0 Å². The fourth-order valence-electron chi connectivity index (χ4n) is 2.86. The van der Waals surface area contributed by atoms with Crippen LogP contribution in [0.25, 0.3) is 21.5 Å². The fraction of sp³-hybridized carbons (Fsp3) is 0.300. The minimum absolute atomic E-state index is 0.592. The van der Waals surface area contributed by atoms with E-state index in [1.165, 1.54) is 6.07 Å². The molecule has 24 heavy (non-hydrogen) atoms.